The third-order valence-electron chi connectivity index (χ3n) is 11.3. The molecule has 4 amide bonds. The molecule has 0 unspecified atom stereocenters. The van der Waals surface area contributed by atoms with Crippen LogP contribution in [-0.2, 0) is 16.2 Å². The molecule has 57 heavy (non-hydrogen) atoms. The number of halogens is 1. The van der Waals surface area contributed by atoms with Crippen molar-refractivity contribution in [2.75, 3.05) is 29.5 Å². The lowest BCUT2D eigenvalue weighted by molar-refractivity contribution is -0.122. The van der Waals surface area contributed by atoms with Crippen molar-refractivity contribution in [3.05, 3.63) is 171 Å². The van der Waals surface area contributed by atoms with Crippen molar-refractivity contribution in [2.45, 2.75) is 38.2 Å². The number of hydrogen-bond acceptors (Lipinski definition) is 6. The lowest BCUT2D eigenvalue weighted by Gasteiger charge is -2.44. The van der Waals surface area contributed by atoms with Crippen LogP contribution in [0.25, 0.3) is 16.8 Å². The van der Waals surface area contributed by atoms with E-state index in [0.717, 1.165) is 58.3 Å². The van der Waals surface area contributed by atoms with Crippen LogP contribution >= 0.6 is 15.9 Å². The number of imide groups is 2. The zero-order chi connectivity index (χ0) is 39.0. The highest BCUT2D eigenvalue weighted by molar-refractivity contribution is 9.10. The van der Waals surface area contributed by atoms with Gasteiger partial charge in [-0.3, -0.25) is 14.9 Å². The SMILES string of the molecule is CCOc1cc(/C=C2\C(=O)NC(=O)N(c3cc4c5c(c3)[C@H](c3ccccc3)CCN5CC[C@@H]4c3ccccc3)C2=O)cc(Br)c1OCc1cccc2ccccc12. The molecule has 8 nitrogen and oxygen atoms in total. The van der Waals surface area contributed by atoms with Crippen LogP contribution in [0.2, 0.25) is 0 Å². The summed E-state index contributed by atoms with van der Waals surface area (Å²) in [4.78, 5) is 45.3. The molecule has 2 atom stereocenters. The summed E-state index contributed by atoms with van der Waals surface area (Å²) >= 11 is 3.67. The summed E-state index contributed by atoms with van der Waals surface area (Å²) in [5.41, 5.74) is 7.52. The number of urea groups is 1. The molecule has 9 heteroatoms. The second-order valence-electron chi connectivity index (χ2n) is 14.6. The molecule has 3 aliphatic heterocycles. The maximum Gasteiger partial charge on any atom is 0.335 e. The second-order valence-corrected chi connectivity index (χ2v) is 15.5. The van der Waals surface area contributed by atoms with Crippen molar-refractivity contribution < 1.29 is 23.9 Å². The van der Waals surface area contributed by atoms with Crippen molar-refractivity contribution in [2.24, 2.45) is 0 Å². The van der Waals surface area contributed by atoms with Gasteiger partial charge in [0, 0.05) is 30.6 Å². The number of hydrogen-bond donors (Lipinski definition) is 1. The molecule has 0 bridgehead atoms. The van der Waals surface area contributed by atoms with Gasteiger partial charge in [0.2, 0.25) is 0 Å². The third-order valence-corrected chi connectivity index (χ3v) is 11.8. The topological polar surface area (TPSA) is 88.2 Å². The van der Waals surface area contributed by atoms with E-state index < -0.39 is 17.8 Å². The number of rotatable bonds is 9. The Balaban J connectivity index is 1.09. The maximum absolute atomic E-state index is 14.5. The van der Waals surface area contributed by atoms with Crippen LogP contribution in [-0.4, -0.2) is 37.5 Å². The first-order valence-electron chi connectivity index (χ1n) is 19.4. The Morgan fingerprint density at radius 3 is 2.05 bits per heavy atom. The van der Waals surface area contributed by atoms with Gasteiger partial charge < -0.3 is 14.4 Å². The Labute approximate surface area is 339 Å². The maximum atomic E-state index is 14.5. The summed E-state index contributed by atoms with van der Waals surface area (Å²) in [5, 5.41) is 4.68. The lowest BCUT2D eigenvalue weighted by Crippen LogP contribution is -2.54. The molecular weight excluding hydrogens is 778 g/mol. The molecule has 0 aromatic heterocycles. The van der Waals surface area contributed by atoms with E-state index in [4.69, 9.17) is 9.47 Å². The van der Waals surface area contributed by atoms with Crippen LogP contribution in [0.1, 0.15) is 65.0 Å². The summed E-state index contributed by atoms with van der Waals surface area (Å²) in [6.07, 6.45) is 3.30. The van der Waals surface area contributed by atoms with Gasteiger partial charge in [-0.05, 0) is 110 Å². The Morgan fingerprint density at radius 2 is 1.39 bits per heavy atom. The Hall–Kier alpha value is -6.19. The number of carbonyl (C=O) groups is 3. The van der Waals surface area contributed by atoms with E-state index in [0.29, 0.717) is 40.4 Å². The molecule has 0 radical (unpaired) electrons. The fourth-order valence-electron chi connectivity index (χ4n) is 8.67. The molecule has 6 aromatic carbocycles. The molecule has 6 aromatic rings. The highest BCUT2D eigenvalue weighted by atomic mass is 79.9. The summed E-state index contributed by atoms with van der Waals surface area (Å²) in [6, 6.07) is 41.8. The van der Waals surface area contributed by atoms with Crippen molar-refractivity contribution in [1.82, 2.24) is 5.32 Å². The van der Waals surface area contributed by atoms with Crippen LogP contribution in [0.5, 0.6) is 11.5 Å². The molecule has 0 aliphatic carbocycles. The normalized spacial score (nSPS) is 18.4. The van der Waals surface area contributed by atoms with Gasteiger partial charge in [-0.25, -0.2) is 9.69 Å². The number of barbiturate groups is 1. The average molecular weight is 819 g/mol. The van der Waals surface area contributed by atoms with Crippen molar-refractivity contribution in [3.63, 3.8) is 0 Å². The van der Waals surface area contributed by atoms with Crippen LogP contribution in [0, 0.1) is 0 Å². The molecule has 0 saturated carbocycles. The predicted molar refractivity (Wildman–Crippen MR) is 227 cm³/mol. The van der Waals surface area contributed by atoms with E-state index in [-0.39, 0.29) is 17.4 Å². The number of amides is 4. The quantitative estimate of drug-likeness (QED) is 0.116. The van der Waals surface area contributed by atoms with E-state index in [2.05, 4.69) is 68.6 Å². The molecule has 284 valence electrons. The highest BCUT2D eigenvalue weighted by Crippen LogP contribution is 2.50. The van der Waals surface area contributed by atoms with Crippen LogP contribution < -0.4 is 24.6 Å². The molecule has 1 saturated heterocycles. The monoisotopic (exact) mass is 817 g/mol. The zero-order valence-corrected chi connectivity index (χ0v) is 33.0. The fraction of sp³-hybridized carbons (Fsp3) is 0.188. The number of ether oxygens (including phenoxy) is 2. The molecule has 0 spiro atoms. The van der Waals surface area contributed by atoms with E-state index in [1.807, 2.05) is 79.7 Å². The van der Waals surface area contributed by atoms with Crippen LogP contribution in [0.3, 0.4) is 0 Å². The van der Waals surface area contributed by atoms with Gasteiger partial charge in [-0.15, -0.1) is 0 Å². The van der Waals surface area contributed by atoms with Gasteiger partial charge in [-0.2, -0.15) is 0 Å². The number of carbonyl (C=O) groups excluding carboxylic acids is 3. The van der Waals surface area contributed by atoms with Gasteiger partial charge in [0.25, 0.3) is 11.8 Å². The minimum Gasteiger partial charge on any atom is -0.490 e. The van der Waals surface area contributed by atoms with Gasteiger partial charge in [-0.1, -0.05) is 103 Å². The highest BCUT2D eigenvalue weighted by Gasteiger charge is 2.40. The fourth-order valence-corrected chi connectivity index (χ4v) is 9.24. The van der Waals surface area contributed by atoms with E-state index in [1.54, 1.807) is 12.1 Å². The Kier molecular flexibility index (Phi) is 9.84. The molecule has 9 rings (SSSR count). The van der Waals surface area contributed by atoms with Gasteiger partial charge in [0.05, 0.1) is 16.8 Å². The Morgan fingerprint density at radius 1 is 0.754 bits per heavy atom. The van der Waals surface area contributed by atoms with Crippen molar-refractivity contribution in [3.8, 4) is 11.5 Å². The molecule has 3 heterocycles. The number of nitrogens with zero attached hydrogens (tertiary/aromatic N) is 2. The van der Waals surface area contributed by atoms with Crippen LogP contribution in [0.15, 0.2) is 137 Å². The number of fused-ring (bicyclic) bond motifs is 1. The summed E-state index contributed by atoms with van der Waals surface area (Å²) in [5.74, 6) is -0.366. The first kappa shape index (κ1) is 36.4. The van der Waals surface area contributed by atoms with Crippen molar-refractivity contribution in [1.29, 1.82) is 0 Å². The zero-order valence-electron chi connectivity index (χ0n) is 31.4. The number of benzene rings is 6. The Bertz CT molecular complexity index is 2500. The first-order valence-corrected chi connectivity index (χ1v) is 20.2. The number of anilines is 2. The van der Waals surface area contributed by atoms with Gasteiger partial charge >= 0.3 is 6.03 Å². The lowest BCUT2D eigenvalue weighted by atomic mass is 9.76. The van der Waals surface area contributed by atoms with E-state index >= 15 is 0 Å². The first-order chi connectivity index (χ1) is 27.9. The molecule has 1 fully saturated rings. The van der Waals surface area contributed by atoms with Gasteiger partial charge in [0.15, 0.2) is 11.5 Å². The molecule has 3 aliphatic rings. The predicted octanol–water partition coefficient (Wildman–Crippen LogP) is 10.1. The van der Waals surface area contributed by atoms with E-state index in [9.17, 15) is 14.4 Å². The van der Waals surface area contributed by atoms with E-state index in [1.165, 1.54) is 22.9 Å². The standard InChI is InChI=1S/C48H40BrN3O5/c1-2-56-43-26-30(25-42(49)45(43)57-29-34-18-11-17-31-16-9-10-19-36(31)34)24-41-46(53)50-48(55)52(47(41)54)35-27-39-37(32-12-5-3-6-13-32)20-22-51-23-21-38(40(28-35)44(39)51)33-14-7-4-8-15-33/h3-19,24-28,37-38H,2,20-23,29H2,1H3,(H,50,53,55)/b41-24+/t37-,38+. The average Bonchev–Trinajstić information content (AvgIpc) is 3.23. The summed E-state index contributed by atoms with van der Waals surface area (Å²) in [6.45, 7) is 4.37. The van der Waals surface area contributed by atoms with Gasteiger partial charge in [0.1, 0.15) is 12.2 Å². The van der Waals surface area contributed by atoms with Crippen molar-refractivity contribution >= 4 is 62.0 Å². The summed E-state index contributed by atoms with van der Waals surface area (Å²) in [7, 11) is 0. The smallest absolute Gasteiger partial charge is 0.335 e. The van der Waals surface area contributed by atoms with Crippen LogP contribution in [0.4, 0.5) is 16.2 Å². The minimum atomic E-state index is -0.779. The molecule has 1 N–H and O–H groups in total. The third kappa shape index (κ3) is 6.86. The number of nitrogens with one attached hydrogen (secondary N) is 1. The second kappa shape index (κ2) is 15.4. The minimum absolute atomic E-state index is 0.0703. The largest absolute Gasteiger partial charge is 0.490 e. The molecular formula is C48H40BrN3O5. The summed E-state index contributed by atoms with van der Waals surface area (Å²) < 4.78 is 13.0.